The lowest BCUT2D eigenvalue weighted by Crippen LogP contribution is -2.33. The lowest BCUT2D eigenvalue weighted by molar-refractivity contribution is 0.220. The molecule has 132 valence electrons. The average Bonchev–Trinajstić information content (AvgIpc) is 3.21. The fourth-order valence-corrected chi connectivity index (χ4v) is 3.65. The number of likely N-dealkylation sites (tertiary alicyclic amines) is 1. The number of aryl methyl sites for hydroxylation is 1. The Morgan fingerprint density at radius 3 is 2.76 bits per heavy atom. The first-order valence-electron chi connectivity index (χ1n) is 9.31. The minimum Gasteiger partial charge on any atom is -0.332 e. The van der Waals surface area contributed by atoms with Gasteiger partial charge in [-0.05, 0) is 50.2 Å². The number of rotatable bonds is 5. The van der Waals surface area contributed by atoms with Gasteiger partial charge in [0.25, 0.3) is 0 Å². The molecule has 0 bridgehead atoms. The maximum Gasteiger partial charge on any atom is 0.321 e. The number of carbonyl (C=O) groups is 1. The molecule has 1 saturated carbocycles. The Morgan fingerprint density at radius 1 is 1.20 bits per heavy atom. The van der Waals surface area contributed by atoms with Gasteiger partial charge in [-0.25, -0.2) is 9.78 Å². The number of nitrogens with one attached hydrogen (secondary N) is 1. The number of urea groups is 1. The van der Waals surface area contributed by atoms with Crippen LogP contribution in [0.4, 0.5) is 10.5 Å². The van der Waals surface area contributed by atoms with Crippen LogP contribution in [0.3, 0.4) is 0 Å². The van der Waals surface area contributed by atoms with Crippen LogP contribution < -0.4 is 5.32 Å². The maximum absolute atomic E-state index is 12.4. The van der Waals surface area contributed by atoms with E-state index >= 15 is 0 Å². The van der Waals surface area contributed by atoms with Crippen molar-refractivity contribution in [2.45, 2.75) is 39.2 Å². The Hall–Kier alpha value is -2.30. The number of amides is 2. The molecule has 2 aromatic rings. The quantitative estimate of drug-likeness (QED) is 0.904. The van der Waals surface area contributed by atoms with Crippen molar-refractivity contribution in [3.8, 4) is 0 Å². The predicted octanol–water partition coefficient (Wildman–Crippen LogP) is 3.70. The van der Waals surface area contributed by atoms with Crippen LogP contribution in [0.1, 0.15) is 30.8 Å². The molecule has 1 aliphatic carbocycles. The molecule has 5 nitrogen and oxygen atoms in total. The van der Waals surface area contributed by atoms with Gasteiger partial charge < -0.3 is 14.8 Å². The van der Waals surface area contributed by atoms with E-state index in [-0.39, 0.29) is 6.03 Å². The number of benzene rings is 1. The van der Waals surface area contributed by atoms with Gasteiger partial charge in [0, 0.05) is 43.6 Å². The molecule has 1 saturated heterocycles. The first kappa shape index (κ1) is 16.2. The summed E-state index contributed by atoms with van der Waals surface area (Å²) in [6.45, 7) is 4.90. The molecule has 1 aliphatic heterocycles. The lowest BCUT2D eigenvalue weighted by Gasteiger charge is -2.18. The monoisotopic (exact) mass is 338 g/mol. The summed E-state index contributed by atoms with van der Waals surface area (Å²) in [5, 5.41) is 2.98. The van der Waals surface area contributed by atoms with E-state index in [1.165, 1.54) is 24.4 Å². The van der Waals surface area contributed by atoms with Crippen molar-refractivity contribution in [3.05, 3.63) is 48.0 Å². The van der Waals surface area contributed by atoms with Crippen LogP contribution in [0, 0.1) is 18.8 Å². The maximum atomic E-state index is 12.4. The third kappa shape index (κ3) is 3.86. The van der Waals surface area contributed by atoms with Crippen molar-refractivity contribution in [2.75, 3.05) is 18.4 Å². The summed E-state index contributed by atoms with van der Waals surface area (Å²) in [5.74, 6) is 2.55. The summed E-state index contributed by atoms with van der Waals surface area (Å²) in [6, 6.07) is 9.67. The number of para-hydroxylation sites is 1. The summed E-state index contributed by atoms with van der Waals surface area (Å²) in [4.78, 5) is 19.0. The zero-order valence-corrected chi connectivity index (χ0v) is 14.8. The molecule has 1 atom stereocenters. The van der Waals surface area contributed by atoms with Crippen molar-refractivity contribution in [1.82, 2.24) is 14.5 Å². The van der Waals surface area contributed by atoms with Crippen LogP contribution >= 0.6 is 0 Å². The number of hydrogen-bond donors (Lipinski definition) is 1. The van der Waals surface area contributed by atoms with E-state index in [1.807, 2.05) is 41.4 Å². The Balaban J connectivity index is 1.34. The summed E-state index contributed by atoms with van der Waals surface area (Å²) in [6.07, 6.45) is 6.72. The summed E-state index contributed by atoms with van der Waals surface area (Å²) >= 11 is 0. The average molecular weight is 338 g/mol. The van der Waals surface area contributed by atoms with Gasteiger partial charge in [0.1, 0.15) is 5.82 Å². The molecule has 4 rings (SSSR count). The molecule has 1 aromatic heterocycles. The fourth-order valence-electron chi connectivity index (χ4n) is 3.65. The highest BCUT2D eigenvalue weighted by Gasteiger charge is 2.29. The standard InChI is InChI=1S/C20H26N4O/c1-15-12-21-19(24(15)14-16-7-8-16)11-17-9-10-23(13-17)20(25)22-18-5-3-2-4-6-18/h2-6,12,16-17H,7-11,13-14H2,1H3,(H,22,25). The highest BCUT2D eigenvalue weighted by Crippen LogP contribution is 2.32. The van der Waals surface area contributed by atoms with Gasteiger partial charge in [-0.3, -0.25) is 0 Å². The second kappa shape index (κ2) is 6.90. The summed E-state index contributed by atoms with van der Waals surface area (Å²) < 4.78 is 2.39. The number of anilines is 1. The van der Waals surface area contributed by atoms with Gasteiger partial charge in [-0.1, -0.05) is 18.2 Å². The van der Waals surface area contributed by atoms with Gasteiger partial charge in [0.05, 0.1) is 0 Å². The molecule has 1 unspecified atom stereocenters. The van der Waals surface area contributed by atoms with Crippen LogP contribution in [0.5, 0.6) is 0 Å². The molecule has 25 heavy (non-hydrogen) atoms. The SMILES string of the molecule is Cc1cnc(CC2CCN(C(=O)Nc3ccccc3)C2)n1CC1CC1. The molecule has 0 radical (unpaired) electrons. The molecule has 2 heterocycles. The topological polar surface area (TPSA) is 50.2 Å². The number of imidazole rings is 1. The molecular weight excluding hydrogens is 312 g/mol. The van der Waals surface area contributed by atoms with E-state index in [0.29, 0.717) is 5.92 Å². The van der Waals surface area contributed by atoms with E-state index in [2.05, 4.69) is 21.8 Å². The van der Waals surface area contributed by atoms with Crippen molar-refractivity contribution in [2.24, 2.45) is 11.8 Å². The van der Waals surface area contributed by atoms with Gasteiger partial charge >= 0.3 is 6.03 Å². The zero-order chi connectivity index (χ0) is 17.2. The van der Waals surface area contributed by atoms with E-state index in [4.69, 9.17) is 0 Å². The van der Waals surface area contributed by atoms with Gasteiger partial charge in [0.15, 0.2) is 0 Å². The predicted molar refractivity (Wildman–Crippen MR) is 98.5 cm³/mol. The number of carbonyl (C=O) groups excluding carboxylic acids is 1. The number of nitrogens with zero attached hydrogens (tertiary/aromatic N) is 3. The molecule has 5 heteroatoms. The highest BCUT2D eigenvalue weighted by atomic mass is 16.2. The first-order valence-corrected chi connectivity index (χ1v) is 9.31. The normalized spacial score (nSPS) is 20.0. The lowest BCUT2D eigenvalue weighted by atomic mass is 10.0. The van der Waals surface area contributed by atoms with Gasteiger partial charge in [-0.2, -0.15) is 0 Å². The third-order valence-electron chi connectivity index (χ3n) is 5.34. The smallest absolute Gasteiger partial charge is 0.321 e. The Morgan fingerprint density at radius 2 is 2.00 bits per heavy atom. The molecule has 0 spiro atoms. The minimum atomic E-state index is 0.00574. The van der Waals surface area contributed by atoms with Crippen molar-refractivity contribution in [1.29, 1.82) is 0 Å². The highest BCUT2D eigenvalue weighted by molar-refractivity contribution is 5.89. The molecule has 1 aromatic carbocycles. The van der Waals surface area contributed by atoms with Crippen molar-refractivity contribution < 1.29 is 4.79 Å². The first-order chi connectivity index (χ1) is 12.2. The Kier molecular flexibility index (Phi) is 4.47. The Labute approximate surface area is 149 Å². The Bertz CT molecular complexity index is 735. The number of aromatic nitrogens is 2. The van der Waals surface area contributed by atoms with E-state index in [0.717, 1.165) is 44.1 Å². The van der Waals surface area contributed by atoms with Crippen LogP contribution in [-0.4, -0.2) is 33.6 Å². The van der Waals surface area contributed by atoms with Crippen LogP contribution in [0.25, 0.3) is 0 Å². The second-order valence-corrected chi connectivity index (χ2v) is 7.47. The molecule has 2 aliphatic rings. The van der Waals surface area contributed by atoms with Crippen LogP contribution in [0.15, 0.2) is 36.5 Å². The van der Waals surface area contributed by atoms with Crippen molar-refractivity contribution >= 4 is 11.7 Å². The third-order valence-corrected chi connectivity index (χ3v) is 5.34. The molecule has 1 N–H and O–H groups in total. The van der Waals surface area contributed by atoms with E-state index in [1.54, 1.807) is 0 Å². The largest absolute Gasteiger partial charge is 0.332 e. The minimum absolute atomic E-state index is 0.00574. The summed E-state index contributed by atoms with van der Waals surface area (Å²) in [7, 11) is 0. The zero-order valence-electron chi connectivity index (χ0n) is 14.8. The fraction of sp³-hybridized carbons (Fsp3) is 0.500. The van der Waals surface area contributed by atoms with E-state index in [9.17, 15) is 4.79 Å². The molecule has 2 fully saturated rings. The molecule has 2 amide bonds. The summed E-state index contributed by atoms with van der Waals surface area (Å²) in [5.41, 5.74) is 2.12. The second-order valence-electron chi connectivity index (χ2n) is 7.47. The van der Waals surface area contributed by atoms with Crippen LogP contribution in [0.2, 0.25) is 0 Å². The van der Waals surface area contributed by atoms with Gasteiger partial charge in [0.2, 0.25) is 0 Å². The van der Waals surface area contributed by atoms with Crippen molar-refractivity contribution in [3.63, 3.8) is 0 Å². The van der Waals surface area contributed by atoms with Gasteiger partial charge in [-0.15, -0.1) is 0 Å². The van der Waals surface area contributed by atoms with E-state index < -0.39 is 0 Å². The van der Waals surface area contributed by atoms with Crippen LogP contribution in [-0.2, 0) is 13.0 Å². The molecular formula is C20H26N4O. The number of hydrogen-bond acceptors (Lipinski definition) is 2.